The van der Waals surface area contributed by atoms with E-state index in [2.05, 4.69) is 40.0 Å². The Bertz CT molecular complexity index is 1970. The van der Waals surface area contributed by atoms with Crippen LogP contribution in [0.15, 0.2) is 41.3 Å². The van der Waals surface area contributed by atoms with E-state index in [1.165, 1.54) is 0 Å². The highest BCUT2D eigenvalue weighted by Gasteiger charge is 2.35. The first kappa shape index (κ1) is 43.2. The highest BCUT2D eigenvalue weighted by molar-refractivity contribution is 5.99. The second kappa shape index (κ2) is 17.7. The average Bonchev–Trinajstić information content (AvgIpc) is 3.11. The molecule has 2 atom stereocenters. The van der Waals surface area contributed by atoms with Crippen LogP contribution in [0.3, 0.4) is 0 Å². The van der Waals surface area contributed by atoms with Gasteiger partial charge in [0.05, 0.1) is 5.69 Å². The van der Waals surface area contributed by atoms with Gasteiger partial charge in [-0.05, 0) is 130 Å². The quantitative estimate of drug-likeness (QED) is 0.236. The number of carbonyl (C=O) groups is 3. The topological polar surface area (TPSA) is 140 Å². The summed E-state index contributed by atoms with van der Waals surface area (Å²) < 4.78 is 11.3. The Labute approximate surface area is 338 Å². The molecule has 57 heavy (non-hydrogen) atoms. The molecule has 2 unspecified atom stereocenters. The molecule has 3 aromatic rings. The molecule has 2 aromatic heterocycles. The fraction of sp³-hybridized carbons (Fsp3) is 0.568. The van der Waals surface area contributed by atoms with Crippen molar-refractivity contribution in [1.82, 2.24) is 30.0 Å². The van der Waals surface area contributed by atoms with Gasteiger partial charge in [0.1, 0.15) is 11.2 Å². The molecule has 13 heteroatoms. The number of rotatable bonds is 9. The molecule has 2 N–H and O–H groups in total. The zero-order chi connectivity index (χ0) is 41.8. The summed E-state index contributed by atoms with van der Waals surface area (Å²) in [5.41, 5.74) is 5.75. The number of hydrogen-bond acceptors (Lipinski definition) is 9. The van der Waals surface area contributed by atoms with Crippen LogP contribution in [0.25, 0.3) is 11.1 Å². The first-order valence-corrected chi connectivity index (χ1v) is 20.3. The lowest BCUT2D eigenvalue weighted by molar-refractivity contribution is 0.0101. The van der Waals surface area contributed by atoms with E-state index in [9.17, 15) is 19.2 Å². The van der Waals surface area contributed by atoms with Gasteiger partial charge in [0.2, 0.25) is 0 Å². The lowest BCUT2D eigenvalue weighted by atomic mass is 9.93. The van der Waals surface area contributed by atoms with Crippen LogP contribution in [-0.2, 0) is 22.6 Å². The fourth-order valence-electron chi connectivity index (χ4n) is 7.75. The number of nitrogens with zero attached hydrogens (tertiary/aromatic N) is 5. The molecule has 0 aliphatic carbocycles. The van der Waals surface area contributed by atoms with Gasteiger partial charge in [-0.1, -0.05) is 6.07 Å². The number of anilines is 1. The first-order chi connectivity index (χ1) is 26.7. The second-order valence-corrected chi connectivity index (χ2v) is 17.6. The number of likely N-dealkylation sites (tertiary alicyclic amines) is 1. The minimum atomic E-state index is -0.574. The number of carbonyl (C=O) groups excluding carboxylic acids is 3. The lowest BCUT2D eigenvalue weighted by Crippen LogP contribution is -2.52. The van der Waals surface area contributed by atoms with Crippen LogP contribution in [0, 0.1) is 20.8 Å². The first-order valence-electron chi connectivity index (χ1n) is 20.3. The van der Waals surface area contributed by atoms with Crippen LogP contribution in [0.5, 0.6) is 0 Å². The highest BCUT2D eigenvalue weighted by atomic mass is 16.6. The van der Waals surface area contributed by atoms with Gasteiger partial charge in [-0.2, -0.15) is 0 Å². The van der Waals surface area contributed by atoms with Gasteiger partial charge in [0.25, 0.3) is 11.5 Å². The standard InChI is InChI=1S/C44H63N7O6/c1-12-50(35-15-16-51(30(4)22-35)42(55)57-44(9,10)11)38-24-33(23-36(31(38)5)39(52)46-26-37-28(2)21-29(3)47-40(37)53)32-13-14-34(45-25-32)27-48-17-19-49(20-18-48)41(54)56-43(6,7)8/h13-14,21,23-25,30,35H,12,15-20,22,26-27H2,1-11H3,(H,46,52)(H,47,53). The van der Waals surface area contributed by atoms with Crippen molar-refractivity contribution in [3.63, 3.8) is 0 Å². The van der Waals surface area contributed by atoms with E-state index >= 15 is 0 Å². The number of nitrogens with one attached hydrogen (secondary N) is 2. The summed E-state index contributed by atoms with van der Waals surface area (Å²) in [7, 11) is 0. The van der Waals surface area contributed by atoms with Gasteiger partial charge < -0.3 is 34.5 Å². The molecule has 2 aliphatic heterocycles. The molecule has 0 spiro atoms. The number of aryl methyl sites for hydroxylation is 2. The van der Waals surface area contributed by atoms with Crippen molar-refractivity contribution in [2.45, 2.75) is 125 Å². The Morgan fingerprint density at radius 1 is 0.912 bits per heavy atom. The molecule has 0 saturated carbocycles. The average molecular weight is 786 g/mol. The molecule has 2 aliphatic rings. The number of piperazine rings is 1. The van der Waals surface area contributed by atoms with E-state index in [0.29, 0.717) is 43.9 Å². The maximum Gasteiger partial charge on any atom is 0.410 e. The minimum Gasteiger partial charge on any atom is -0.444 e. The fourth-order valence-corrected chi connectivity index (χ4v) is 7.75. The van der Waals surface area contributed by atoms with Gasteiger partial charge in [-0.25, -0.2) is 9.59 Å². The molecule has 310 valence electrons. The van der Waals surface area contributed by atoms with E-state index < -0.39 is 11.2 Å². The van der Waals surface area contributed by atoms with Crippen molar-refractivity contribution in [1.29, 1.82) is 0 Å². The molecule has 4 heterocycles. The number of aromatic amines is 1. The number of aromatic nitrogens is 2. The van der Waals surface area contributed by atoms with Crippen molar-refractivity contribution in [3.05, 3.63) is 80.5 Å². The Kier molecular flexibility index (Phi) is 13.4. The summed E-state index contributed by atoms with van der Waals surface area (Å²) in [5.74, 6) is -0.269. The molecular weight excluding hydrogens is 723 g/mol. The van der Waals surface area contributed by atoms with E-state index in [0.717, 1.165) is 65.3 Å². The molecule has 0 radical (unpaired) electrons. The van der Waals surface area contributed by atoms with Crippen LogP contribution < -0.4 is 15.8 Å². The molecule has 13 nitrogen and oxygen atoms in total. The van der Waals surface area contributed by atoms with Crippen molar-refractivity contribution in [2.75, 3.05) is 44.2 Å². The smallest absolute Gasteiger partial charge is 0.410 e. The van der Waals surface area contributed by atoms with Gasteiger partial charge >= 0.3 is 12.2 Å². The number of ether oxygens (including phenoxy) is 2. The summed E-state index contributed by atoms with van der Waals surface area (Å²) in [5, 5.41) is 3.03. The van der Waals surface area contributed by atoms with Crippen LogP contribution in [0.4, 0.5) is 15.3 Å². The summed E-state index contributed by atoms with van der Waals surface area (Å²) >= 11 is 0. The predicted octanol–water partition coefficient (Wildman–Crippen LogP) is 6.96. The summed E-state index contributed by atoms with van der Waals surface area (Å²) in [6.45, 7) is 25.8. The number of H-pyrrole nitrogens is 1. The maximum atomic E-state index is 14.1. The maximum absolute atomic E-state index is 14.1. The summed E-state index contributed by atoms with van der Waals surface area (Å²) in [6.07, 6.45) is 2.78. The van der Waals surface area contributed by atoms with Crippen molar-refractivity contribution >= 4 is 23.8 Å². The highest BCUT2D eigenvalue weighted by Crippen LogP contribution is 2.35. The number of hydrogen-bond donors (Lipinski definition) is 2. The SMILES string of the molecule is CCN(c1cc(-c2ccc(CN3CCN(C(=O)OC(C)(C)C)CC3)nc2)cc(C(=O)NCc2c(C)cc(C)[nH]c2=O)c1C)C1CCN(C(=O)OC(C)(C)C)C(C)C1. The van der Waals surface area contributed by atoms with Crippen molar-refractivity contribution in [2.24, 2.45) is 0 Å². The minimum absolute atomic E-state index is 0.0354. The number of benzene rings is 1. The van der Waals surface area contributed by atoms with E-state index in [1.807, 2.05) is 97.7 Å². The Balaban J connectivity index is 1.39. The Hall–Kier alpha value is -4.91. The third kappa shape index (κ3) is 11.1. The zero-order valence-electron chi connectivity index (χ0n) is 35.9. The molecule has 3 amide bonds. The van der Waals surface area contributed by atoms with Crippen molar-refractivity contribution < 1.29 is 23.9 Å². The van der Waals surface area contributed by atoms with Crippen LogP contribution in [0.1, 0.15) is 107 Å². The summed E-state index contributed by atoms with van der Waals surface area (Å²) in [4.78, 5) is 68.4. The molecule has 1 aromatic carbocycles. The van der Waals surface area contributed by atoms with Crippen molar-refractivity contribution in [3.8, 4) is 11.1 Å². The van der Waals surface area contributed by atoms with E-state index in [-0.39, 0.29) is 42.3 Å². The predicted molar refractivity (Wildman–Crippen MR) is 224 cm³/mol. The van der Waals surface area contributed by atoms with Gasteiger partial charge in [0, 0.05) is 98.7 Å². The van der Waals surface area contributed by atoms with Crippen LogP contribution in [-0.4, -0.2) is 105 Å². The lowest BCUT2D eigenvalue weighted by Gasteiger charge is -2.43. The largest absolute Gasteiger partial charge is 0.444 e. The molecule has 0 bridgehead atoms. The van der Waals surface area contributed by atoms with Crippen LogP contribution >= 0.6 is 0 Å². The van der Waals surface area contributed by atoms with Gasteiger partial charge in [0.15, 0.2) is 0 Å². The monoisotopic (exact) mass is 785 g/mol. The van der Waals surface area contributed by atoms with Gasteiger partial charge in [-0.3, -0.25) is 19.5 Å². The van der Waals surface area contributed by atoms with E-state index in [4.69, 9.17) is 14.5 Å². The van der Waals surface area contributed by atoms with Gasteiger partial charge in [-0.15, -0.1) is 0 Å². The van der Waals surface area contributed by atoms with E-state index in [1.54, 1.807) is 4.90 Å². The molecule has 2 fully saturated rings. The third-order valence-corrected chi connectivity index (χ3v) is 10.7. The number of piperidine rings is 1. The third-order valence-electron chi connectivity index (χ3n) is 10.7. The zero-order valence-corrected chi connectivity index (χ0v) is 35.9. The molecular formula is C44H63N7O6. The van der Waals surface area contributed by atoms with Crippen LogP contribution in [0.2, 0.25) is 0 Å². The summed E-state index contributed by atoms with van der Waals surface area (Å²) in [6, 6.07) is 10.1. The normalized spacial score (nSPS) is 17.9. The molecule has 5 rings (SSSR count). The Morgan fingerprint density at radius 2 is 1.58 bits per heavy atom. The second-order valence-electron chi connectivity index (χ2n) is 17.6. The number of pyridine rings is 2. The molecule has 2 saturated heterocycles. The number of amides is 3. The Morgan fingerprint density at radius 3 is 2.16 bits per heavy atom.